The summed E-state index contributed by atoms with van der Waals surface area (Å²) in [5.41, 5.74) is 0. The molecular weight excluding hydrogens is 238 g/mol. The van der Waals surface area contributed by atoms with Gasteiger partial charge in [-0.25, -0.2) is 0 Å². The van der Waals surface area contributed by atoms with Gasteiger partial charge in [-0.05, 0) is 24.8 Å². The van der Waals surface area contributed by atoms with Crippen LogP contribution in [0.25, 0.3) is 11.6 Å². The molecular formula is C11H13N3O2S. The van der Waals surface area contributed by atoms with E-state index in [1.165, 1.54) is 16.4 Å². The Kier molecular flexibility index (Phi) is 3.63. The SMILES string of the molecule is CCCC(=O)n1nc(-c2ccco2)nc1SC. The van der Waals surface area contributed by atoms with Crippen molar-refractivity contribution in [3.63, 3.8) is 0 Å². The molecule has 0 aromatic carbocycles. The van der Waals surface area contributed by atoms with Crippen LogP contribution in [0.15, 0.2) is 28.0 Å². The Morgan fingerprint density at radius 3 is 3.00 bits per heavy atom. The molecule has 0 amide bonds. The molecule has 0 aliphatic heterocycles. The Balaban J connectivity index is 2.36. The molecule has 2 aromatic rings. The summed E-state index contributed by atoms with van der Waals surface area (Å²) in [5.74, 6) is 0.981. The minimum Gasteiger partial charge on any atom is -0.461 e. The number of nitrogens with zero attached hydrogens (tertiary/aromatic N) is 3. The van der Waals surface area contributed by atoms with Gasteiger partial charge in [0.15, 0.2) is 10.9 Å². The minimum absolute atomic E-state index is 0.0397. The maximum Gasteiger partial charge on any atom is 0.249 e. The molecule has 2 heterocycles. The third-order valence-electron chi connectivity index (χ3n) is 2.20. The van der Waals surface area contributed by atoms with Crippen molar-refractivity contribution in [2.45, 2.75) is 24.9 Å². The topological polar surface area (TPSA) is 60.9 Å². The Morgan fingerprint density at radius 1 is 1.59 bits per heavy atom. The fourth-order valence-corrected chi connectivity index (χ4v) is 1.92. The first kappa shape index (κ1) is 11.9. The van der Waals surface area contributed by atoms with E-state index in [-0.39, 0.29) is 5.91 Å². The lowest BCUT2D eigenvalue weighted by atomic mass is 10.3. The second-order valence-electron chi connectivity index (χ2n) is 3.45. The van der Waals surface area contributed by atoms with E-state index in [2.05, 4.69) is 10.1 Å². The Bertz CT molecular complexity index is 505. The summed E-state index contributed by atoms with van der Waals surface area (Å²) in [6.45, 7) is 1.96. The Labute approximate surface area is 103 Å². The number of hydrogen-bond donors (Lipinski definition) is 0. The Hall–Kier alpha value is -1.56. The van der Waals surface area contributed by atoms with E-state index >= 15 is 0 Å². The highest BCUT2D eigenvalue weighted by atomic mass is 32.2. The number of hydrogen-bond acceptors (Lipinski definition) is 5. The van der Waals surface area contributed by atoms with Gasteiger partial charge in [0, 0.05) is 6.42 Å². The van der Waals surface area contributed by atoms with Crippen molar-refractivity contribution in [2.75, 3.05) is 6.26 Å². The predicted octanol–water partition coefficient (Wildman–Crippen LogP) is 2.70. The number of rotatable bonds is 4. The number of thioether (sulfide) groups is 1. The largest absolute Gasteiger partial charge is 0.461 e. The fourth-order valence-electron chi connectivity index (χ4n) is 1.42. The molecule has 0 N–H and O–H groups in total. The van der Waals surface area contributed by atoms with Gasteiger partial charge in [0.05, 0.1) is 6.26 Å². The highest BCUT2D eigenvalue weighted by Crippen LogP contribution is 2.20. The van der Waals surface area contributed by atoms with Crippen LogP contribution in [-0.4, -0.2) is 26.9 Å². The lowest BCUT2D eigenvalue weighted by Crippen LogP contribution is -2.12. The maximum absolute atomic E-state index is 11.8. The van der Waals surface area contributed by atoms with Crippen molar-refractivity contribution in [2.24, 2.45) is 0 Å². The van der Waals surface area contributed by atoms with Gasteiger partial charge < -0.3 is 4.42 Å². The molecule has 0 bridgehead atoms. The maximum atomic E-state index is 11.8. The molecule has 0 fully saturated rings. The van der Waals surface area contributed by atoms with Gasteiger partial charge in [-0.2, -0.15) is 9.67 Å². The molecule has 90 valence electrons. The molecule has 0 aliphatic rings. The van der Waals surface area contributed by atoms with E-state index in [1.54, 1.807) is 18.4 Å². The molecule has 0 aliphatic carbocycles. The van der Waals surface area contributed by atoms with Crippen LogP contribution in [0.4, 0.5) is 0 Å². The van der Waals surface area contributed by atoms with Crippen molar-refractivity contribution in [1.82, 2.24) is 14.8 Å². The van der Waals surface area contributed by atoms with Crippen molar-refractivity contribution < 1.29 is 9.21 Å². The smallest absolute Gasteiger partial charge is 0.249 e. The molecule has 0 radical (unpaired) electrons. The molecule has 0 unspecified atom stereocenters. The zero-order valence-corrected chi connectivity index (χ0v) is 10.5. The van der Waals surface area contributed by atoms with Gasteiger partial charge in [-0.1, -0.05) is 18.7 Å². The molecule has 0 saturated heterocycles. The number of furan rings is 1. The minimum atomic E-state index is -0.0397. The van der Waals surface area contributed by atoms with Crippen LogP contribution in [0.3, 0.4) is 0 Å². The zero-order valence-electron chi connectivity index (χ0n) is 9.71. The van der Waals surface area contributed by atoms with E-state index < -0.39 is 0 Å². The van der Waals surface area contributed by atoms with Gasteiger partial charge in [0.2, 0.25) is 11.7 Å². The van der Waals surface area contributed by atoms with Gasteiger partial charge in [-0.3, -0.25) is 4.79 Å². The van der Waals surface area contributed by atoms with Crippen LogP contribution in [0.1, 0.15) is 24.6 Å². The number of carbonyl (C=O) groups is 1. The molecule has 0 saturated carbocycles. The second kappa shape index (κ2) is 5.18. The first-order valence-electron chi connectivity index (χ1n) is 5.34. The number of carbonyl (C=O) groups excluding carboxylic acids is 1. The molecule has 0 atom stereocenters. The fraction of sp³-hybridized carbons (Fsp3) is 0.364. The van der Waals surface area contributed by atoms with Crippen LogP contribution in [0.2, 0.25) is 0 Å². The average molecular weight is 251 g/mol. The summed E-state index contributed by atoms with van der Waals surface area (Å²) in [6, 6.07) is 3.54. The van der Waals surface area contributed by atoms with Crippen molar-refractivity contribution in [3.05, 3.63) is 18.4 Å². The van der Waals surface area contributed by atoms with Gasteiger partial charge in [-0.15, -0.1) is 5.10 Å². The van der Waals surface area contributed by atoms with Crippen molar-refractivity contribution in [3.8, 4) is 11.6 Å². The average Bonchev–Trinajstić information content (AvgIpc) is 2.97. The van der Waals surface area contributed by atoms with Crippen LogP contribution < -0.4 is 0 Å². The highest BCUT2D eigenvalue weighted by Gasteiger charge is 2.16. The highest BCUT2D eigenvalue weighted by molar-refractivity contribution is 7.98. The molecule has 0 spiro atoms. The molecule has 6 heteroatoms. The van der Waals surface area contributed by atoms with Crippen LogP contribution in [0.5, 0.6) is 0 Å². The standard InChI is InChI=1S/C11H13N3O2S/c1-3-5-9(15)14-11(17-2)12-10(13-14)8-6-4-7-16-8/h4,6-7H,3,5H2,1-2H3. The third kappa shape index (κ3) is 2.41. The van der Waals surface area contributed by atoms with E-state index in [4.69, 9.17) is 4.42 Å². The summed E-state index contributed by atoms with van der Waals surface area (Å²) in [7, 11) is 0. The third-order valence-corrected chi connectivity index (χ3v) is 2.83. The lowest BCUT2D eigenvalue weighted by molar-refractivity contribution is 0.0874. The van der Waals surface area contributed by atoms with E-state index in [0.29, 0.717) is 23.2 Å². The molecule has 2 rings (SSSR count). The second-order valence-corrected chi connectivity index (χ2v) is 4.23. The quantitative estimate of drug-likeness (QED) is 0.782. The monoisotopic (exact) mass is 251 g/mol. The Morgan fingerprint density at radius 2 is 2.41 bits per heavy atom. The summed E-state index contributed by atoms with van der Waals surface area (Å²) in [4.78, 5) is 16.1. The van der Waals surface area contributed by atoms with Crippen LogP contribution in [-0.2, 0) is 0 Å². The normalized spacial score (nSPS) is 10.7. The van der Waals surface area contributed by atoms with E-state index in [1.807, 2.05) is 13.2 Å². The van der Waals surface area contributed by atoms with Crippen LogP contribution >= 0.6 is 11.8 Å². The summed E-state index contributed by atoms with van der Waals surface area (Å²) < 4.78 is 6.57. The first-order valence-corrected chi connectivity index (χ1v) is 6.57. The zero-order chi connectivity index (χ0) is 12.3. The van der Waals surface area contributed by atoms with Crippen LogP contribution in [0, 0.1) is 0 Å². The van der Waals surface area contributed by atoms with Gasteiger partial charge >= 0.3 is 0 Å². The van der Waals surface area contributed by atoms with Crippen molar-refractivity contribution in [1.29, 1.82) is 0 Å². The number of aromatic nitrogens is 3. The molecule has 5 nitrogen and oxygen atoms in total. The van der Waals surface area contributed by atoms with E-state index in [0.717, 1.165) is 6.42 Å². The molecule has 17 heavy (non-hydrogen) atoms. The van der Waals surface area contributed by atoms with Crippen molar-refractivity contribution >= 4 is 17.7 Å². The van der Waals surface area contributed by atoms with Gasteiger partial charge in [0.25, 0.3) is 0 Å². The first-order chi connectivity index (χ1) is 8.26. The summed E-state index contributed by atoms with van der Waals surface area (Å²) in [6.07, 6.45) is 4.69. The summed E-state index contributed by atoms with van der Waals surface area (Å²) >= 11 is 1.39. The lowest BCUT2D eigenvalue weighted by Gasteiger charge is -1.99. The van der Waals surface area contributed by atoms with Gasteiger partial charge in [0.1, 0.15) is 0 Å². The predicted molar refractivity (Wildman–Crippen MR) is 65.0 cm³/mol. The summed E-state index contributed by atoms with van der Waals surface area (Å²) in [5, 5.41) is 4.78. The van der Waals surface area contributed by atoms with E-state index in [9.17, 15) is 4.79 Å². The molecule has 2 aromatic heterocycles.